The number of rotatable bonds is 8. The lowest BCUT2D eigenvalue weighted by Gasteiger charge is -2.18. The highest BCUT2D eigenvalue weighted by Gasteiger charge is 2.13. The summed E-state index contributed by atoms with van der Waals surface area (Å²) in [6.45, 7) is 1.75. The van der Waals surface area contributed by atoms with E-state index in [1.807, 2.05) is 12.1 Å². The van der Waals surface area contributed by atoms with Crippen LogP contribution >= 0.6 is 11.8 Å². The van der Waals surface area contributed by atoms with Gasteiger partial charge >= 0.3 is 5.97 Å². The number of hydrogen-bond donors (Lipinski definition) is 0. The molecule has 8 nitrogen and oxygen atoms in total. The molecule has 0 aliphatic rings. The zero-order chi connectivity index (χ0) is 18.2. The maximum atomic E-state index is 12.3. The third kappa shape index (κ3) is 5.86. The lowest BCUT2D eigenvalue weighted by Crippen LogP contribution is -2.26. The Bertz CT molecular complexity index is 734. The summed E-state index contributed by atoms with van der Waals surface area (Å²) in [6, 6.07) is 7.22. The van der Waals surface area contributed by atoms with Crippen molar-refractivity contribution in [1.29, 1.82) is 0 Å². The van der Waals surface area contributed by atoms with Crippen LogP contribution in [0.4, 0.5) is 0 Å². The Kier molecular flexibility index (Phi) is 6.93. The van der Waals surface area contributed by atoms with Gasteiger partial charge in [-0.25, -0.2) is 4.68 Å². The zero-order valence-corrected chi connectivity index (χ0v) is 15.3. The van der Waals surface area contributed by atoms with E-state index in [9.17, 15) is 9.59 Å². The first-order chi connectivity index (χ1) is 12.0. The molecule has 134 valence electrons. The van der Waals surface area contributed by atoms with Crippen LogP contribution in [0.1, 0.15) is 25.3 Å². The normalized spacial score (nSPS) is 10.5. The summed E-state index contributed by atoms with van der Waals surface area (Å²) in [4.78, 5) is 25.1. The van der Waals surface area contributed by atoms with Gasteiger partial charge in [-0.3, -0.25) is 9.59 Å². The van der Waals surface area contributed by atoms with Gasteiger partial charge in [0.05, 0.1) is 0 Å². The van der Waals surface area contributed by atoms with Gasteiger partial charge in [-0.15, -0.1) is 5.10 Å². The second-order valence-electron chi connectivity index (χ2n) is 5.49. The Morgan fingerprint density at radius 1 is 1.32 bits per heavy atom. The number of benzene rings is 1. The summed E-state index contributed by atoms with van der Waals surface area (Å²) in [5, 5.41) is 11.9. The molecule has 1 aromatic carbocycles. The number of ether oxygens (including phenoxy) is 1. The lowest BCUT2D eigenvalue weighted by atomic mass is 10.2. The fourth-order valence-electron chi connectivity index (χ4n) is 2.15. The molecule has 0 radical (unpaired) electrons. The number of tetrazole rings is 1. The molecular formula is C16H21N5O3S. The first kappa shape index (κ1) is 18.9. The van der Waals surface area contributed by atoms with Crippen molar-refractivity contribution in [2.45, 2.75) is 31.5 Å². The van der Waals surface area contributed by atoms with Gasteiger partial charge in [0, 0.05) is 45.3 Å². The molecule has 25 heavy (non-hydrogen) atoms. The number of hydrogen-bond acceptors (Lipinski definition) is 7. The molecule has 0 spiro atoms. The monoisotopic (exact) mass is 363 g/mol. The van der Waals surface area contributed by atoms with Gasteiger partial charge in [0.15, 0.2) is 0 Å². The first-order valence-electron chi connectivity index (χ1n) is 7.83. The number of aromatic nitrogens is 4. The van der Waals surface area contributed by atoms with Crippen LogP contribution in [0.3, 0.4) is 0 Å². The minimum atomic E-state index is -0.378. The van der Waals surface area contributed by atoms with Crippen LogP contribution in [0.5, 0.6) is 5.75 Å². The molecule has 1 aromatic heterocycles. The van der Waals surface area contributed by atoms with Gasteiger partial charge in [0.1, 0.15) is 5.75 Å². The molecule has 1 amide bonds. The summed E-state index contributed by atoms with van der Waals surface area (Å²) in [6.07, 6.45) is 1.16. The van der Waals surface area contributed by atoms with Crippen LogP contribution < -0.4 is 4.74 Å². The van der Waals surface area contributed by atoms with E-state index in [4.69, 9.17) is 4.74 Å². The van der Waals surface area contributed by atoms with E-state index in [1.165, 1.54) is 18.7 Å². The van der Waals surface area contributed by atoms with Crippen molar-refractivity contribution in [2.24, 2.45) is 7.05 Å². The lowest BCUT2D eigenvalue weighted by molar-refractivity contribution is -0.131. The number of thioether (sulfide) groups is 1. The van der Waals surface area contributed by atoms with Gasteiger partial charge < -0.3 is 9.64 Å². The zero-order valence-electron chi connectivity index (χ0n) is 14.5. The van der Waals surface area contributed by atoms with Crippen molar-refractivity contribution in [1.82, 2.24) is 25.1 Å². The minimum Gasteiger partial charge on any atom is -0.426 e. The van der Waals surface area contributed by atoms with Gasteiger partial charge in [0.25, 0.3) is 0 Å². The van der Waals surface area contributed by atoms with Crippen LogP contribution in [0.2, 0.25) is 0 Å². The highest BCUT2D eigenvalue weighted by Crippen LogP contribution is 2.20. The third-order valence-corrected chi connectivity index (χ3v) is 4.50. The fourth-order valence-corrected chi connectivity index (χ4v) is 2.94. The molecule has 0 atom stereocenters. The predicted octanol–water partition coefficient (Wildman–Crippen LogP) is 1.67. The Morgan fingerprint density at radius 2 is 2.08 bits per heavy atom. The summed E-state index contributed by atoms with van der Waals surface area (Å²) in [5.41, 5.74) is 0.799. The average Bonchev–Trinajstić information content (AvgIpc) is 2.97. The van der Waals surface area contributed by atoms with Crippen LogP contribution in [-0.4, -0.2) is 49.8 Å². The molecule has 0 aliphatic heterocycles. The van der Waals surface area contributed by atoms with Crippen molar-refractivity contribution < 1.29 is 14.3 Å². The van der Waals surface area contributed by atoms with Crippen molar-refractivity contribution in [2.75, 3.05) is 12.8 Å². The number of esters is 1. The Morgan fingerprint density at radius 3 is 2.76 bits per heavy atom. The van der Waals surface area contributed by atoms with Crippen molar-refractivity contribution in [3.63, 3.8) is 0 Å². The molecule has 0 aliphatic carbocycles. The van der Waals surface area contributed by atoms with Crippen LogP contribution in [0, 0.1) is 0 Å². The minimum absolute atomic E-state index is 0.0364. The van der Waals surface area contributed by atoms with E-state index < -0.39 is 0 Å². The highest BCUT2D eigenvalue weighted by molar-refractivity contribution is 7.99. The van der Waals surface area contributed by atoms with Crippen molar-refractivity contribution >= 4 is 23.6 Å². The maximum absolute atomic E-state index is 12.3. The molecule has 0 bridgehead atoms. The Balaban J connectivity index is 1.80. The number of nitrogens with zero attached hydrogens (tertiary/aromatic N) is 5. The van der Waals surface area contributed by atoms with Crippen LogP contribution in [0.15, 0.2) is 29.4 Å². The molecule has 0 unspecified atom stereocenters. The molecular weight excluding hydrogens is 342 g/mol. The van der Waals surface area contributed by atoms with Gasteiger partial charge in [-0.1, -0.05) is 30.0 Å². The van der Waals surface area contributed by atoms with Crippen molar-refractivity contribution in [3.05, 3.63) is 29.8 Å². The summed E-state index contributed by atoms with van der Waals surface area (Å²) in [5.74, 6) is 0.906. The third-order valence-electron chi connectivity index (χ3n) is 3.41. The highest BCUT2D eigenvalue weighted by atomic mass is 32.2. The molecule has 0 saturated carbocycles. The van der Waals surface area contributed by atoms with Crippen LogP contribution in [-0.2, 0) is 23.2 Å². The van der Waals surface area contributed by atoms with E-state index in [2.05, 4.69) is 15.5 Å². The largest absolute Gasteiger partial charge is 0.426 e. The molecule has 0 N–H and O–H groups in total. The van der Waals surface area contributed by atoms with Crippen molar-refractivity contribution in [3.8, 4) is 5.75 Å². The maximum Gasteiger partial charge on any atom is 0.308 e. The summed E-state index contributed by atoms with van der Waals surface area (Å²) in [7, 11) is 3.52. The quantitative estimate of drug-likeness (QED) is 0.305. The standard InChI is InChI=1S/C16H21N5O3S/c1-12(22)24-14-8-5-4-7-13(14)11-20(2)15(23)9-6-10-25-16-17-18-19-21(16)3/h4-5,7-8H,6,9-11H2,1-3H3. The van der Waals surface area contributed by atoms with Gasteiger partial charge in [-0.2, -0.15) is 0 Å². The summed E-state index contributed by atoms with van der Waals surface area (Å²) >= 11 is 1.52. The number of carbonyl (C=O) groups excluding carboxylic acids is 2. The number of aryl methyl sites for hydroxylation is 1. The van der Waals surface area contributed by atoms with Gasteiger partial charge in [-0.05, 0) is 22.9 Å². The Labute approximate surface area is 150 Å². The Hall–Kier alpha value is -2.42. The average molecular weight is 363 g/mol. The smallest absolute Gasteiger partial charge is 0.308 e. The molecule has 2 aromatic rings. The predicted molar refractivity (Wildman–Crippen MR) is 93.0 cm³/mol. The number of carbonyl (C=O) groups is 2. The van der Waals surface area contributed by atoms with E-state index in [0.29, 0.717) is 18.7 Å². The second-order valence-corrected chi connectivity index (χ2v) is 6.55. The number of amides is 1. The van der Waals surface area contributed by atoms with E-state index >= 15 is 0 Å². The van der Waals surface area contributed by atoms with E-state index in [-0.39, 0.29) is 11.9 Å². The molecule has 0 saturated heterocycles. The first-order valence-corrected chi connectivity index (χ1v) is 8.81. The molecule has 0 fully saturated rings. The molecule has 9 heteroatoms. The SMILES string of the molecule is CC(=O)Oc1ccccc1CN(C)C(=O)CCCSc1nnnn1C. The second kappa shape index (κ2) is 9.16. The van der Waals surface area contributed by atoms with E-state index in [1.54, 1.807) is 35.8 Å². The topological polar surface area (TPSA) is 90.2 Å². The van der Waals surface area contributed by atoms with Gasteiger partial charge in [0.2, 0.25) is 11.1 Å². The summed E-state index contributed by atoms with van der Waals surface area (Å²) < 4.78 is 6.78. The number of para-hydroxylation sites is 1. The molecule has 2 rings (SSSR count). The van der Waals surface area contributed by atoms with E-state index in [0.717, 1.165) is 22.9 Å². The molecule has 1 heterocycles. The fraction of sp³-hybridized carbons (Fsp3) is 0.438. The van der Waals surface area contributed by atoms with Crippen LogP contribution in [0.25, 0.3) is 0 Å².